The van der Waals surface area contributed by atoms with Gasteiger partial charge in [0.15, 0.2) is 0 Å². The zero-order valence-corrected chi connectivity index (χ0v) is 17.7. The molecule has 0 saturated carbocycles. The van der Waals surface area contributed by atoms with E-state index < -0.39 is 15.4 Å². The van der Waals surface area contributed by atoms with E-state index >= 15 is 0 Å². The largest absolute Gasteiger partial charge is 0.236 e. The van der Waals surface area contributed by atoms with E-state index in [0.717, 1.165) is 25.7 Å². The highest BCUT2D eigenvalue weighted by atomic mass is 32.8. The molecule has 2 fully saturated rings. The lowest BCUT2D eigenvalue weighted by molar-refractivity contribution is -0.517. The second kappa shape index (κ2) is 11.9. The van der Waals surface area contributed by atoms with Crippen molar-refractivity contribution in [3.8, 4) is 0 Å². The Kier molecular flexibility index (Phi) is 10.3. The summed E-state index contributed by atoms with van der Waals surface area (Å²) in [6, 6.07) is 0. The van der Waals surface area contributed by atoms with Gasteiger partial charge in [-0.1, -0.05) is 44.9 Å². The smallest absolute Gasteiger partial charge is 0.234 e. The highest BCUT2D eigenvalue weighted by molar-refractivity contribution is 8.42. The van der Waals surface area contributed by atoms with Crippen LogP contribution >= 0.6 is 7.78 Å². The molecule has 7 nitrogen and oxygen atoms in total. The Morgan fingerprint density at radius 2 is 1.19 bits per heavy atom. The lowest BCUT2D eigenvalue weighted by Gasteiger charge is -2.38. The average Bonchev–Trinajstić information content (AvgIpc) is 2.64. The summed E-state index contributed by atoms with van der Waals surface area (Å²) < 4.78 is 25.6. The standard InChI is InChI=1S/C17H34NO6PS/c1-25-26(19,20)18-13-11-17(12-14-18)23-21-15-9-7-5-3-2-4-6-8-10-16-22-24-17/h25H,2-16H2,1H3. The Morgan fingerprint density at radius 3 is 1.62 bits per heavy atom. The first kappa shape index (κ1) is 22.5. The van der Waals surface area contributed by atoms with Gasteiger partial charge in [-0.25, -0.2) is 18.2 Å². The van der Waals surface area contributed by atoms with Crippen LogP contribution in [0, 0.1) is 0 Å². The van der Waals surface area contributed by atoms with Gasteiger partial charge < -0.3 is 0 Å². The molecule has 1 unspecified atom stereocenters. The first-order valence-corrected chi connectivity index (χ1v) is 13.5. The molecule has 2 aliphatic heterocycles. The first-order chi connectivity index (χ1) is 12.6. The molecule has 1 spiro atoms. The number of rotatable bonds is 2. The summed E-state index contributed by atoms with van der Waals surface area (Å²) in [5.74, 6) is -1.01. The van der Waals surface area contributed by atoms with Crippen LogP contribution in [0.15, 0.2) is 0 Å². The van der Waals surface area contributed by atoms with E-state index in [4.69, 9.17) is 19.6 Å². The Labute approximate surface area is 159 Å². The van der Waals surface area contributed by atoms with Crippen LogP contribution < -0.4 is 0 Å². The molecule has 1 atom stereocenters. The molecule has 0 amide bonds. The van der Waals surface area contributed by atoms with Crippen LogP contribution in [0.1, 0.15) is 70.6 Å². The van der Waals surface area contributed by atoms with Crippen molar-refractivity contribution in [1.82, 2.24) is 4.31 Å². The van der Waals surface area contributed by atoms with Crippen LogP contribution in [0.4, 0.5) is 0 Å². The third-order valence-electron chi connectivity index (χ3n) is 4.96. The zero-order chi connectivity index (χ0) is 18.7. The maximum Gasteiger partial charge on any atom is 0.236 e. The van der Waals surface area contributed by atoms with Gasteiger partial charge >= 0.3 is 0 Å². The molecule has 9 heteroatoms. The van der Waals surface area contributed by atoms with Crippen LogP contribution in [0.25, 0.3) is 0 Å². The van der Waals surface area contributed by atoms with Crippen LogP contribution in [0.5, 0.6) is 0 Å². The monoisotopic (exact) mass is 411 g/mol. The Bertz CT molecular complexity index is 464. The second-order valence-corrected chi connectivity index (χ2v) is 11.7. The van der Waals surface area contributed by atoms with E-state index in [0.29, 0.717) is 39.1 Å². The minimum atomic E-state index is -3.16. The minimum Gasteiger partial charge on any atom is -0.234 e. The fourth-order valence-corrected chi connectivity index (χ4v) is 5.48. The predicted molar refractivity (Wildman–Crippen MR) is 102 cm³/mol. The lowest BCUT2D eigenvalue weighted by atomic mass is 10.1. The molecule has 26 heavy (non-hydrogen) atoms. The fraction of sp³-hybridized carbons (Fsp3) is 1.00. The molecule has 2 rings (SSSR count). The summed E-state index contributed by atoms with van der Waals surface area (Å²) in [5.41, 5.74) is 0. The maximum atomic E-state index is 12.1. The van der Waals surface area contributed by atoms with Gasteiger partial charge in [0.05, 0.1) is 13.2 Å². The zero-order valence-electron chi connectivity index (χ0n) is 15.9. The van der Waals surface area contributed by atoms with Crippen molar-refractivity contribution in [2.45, 2.75) is 76.4 Å². The van der Waals surface area contributed by atoms with Crippen molar-refractivity contribution in [3.05, 3.63) is 0 Å². The van der Waals surface area contributed by atoms with Crippen LogP contribution in [-0.2, 0) is 29.2 Å². The first-order valence-electron chi connectivity index (χ1n) is 9.88. The van der Waals surface area contributed by atoms with Crippen LogP contribution in [-0.4, -0.2) is 51.5 Å². The molecule has 0 aliphatic carbocycles. The van der Waals surface area contributed by atoms with Gasteiger partial charge in [0.25, 0.3) is 0 Å². The highest BCUT2D eigenvalue weighted by Crippen LogP contribution is 2.33. The van der Waals surface area contributed by atoms with E-state index in [1.54, 1.807) is 6.66 Å². The lowest BCUT2D eigenvalue weighted by Crippen LogP contribution is -2.49. The molecule has 0 N–H and O–H groups in total. The van der Waals surface area contributed by atoms with Crippen LogP contribution in [0.3, 0.4) is 0 Å². The maximum absolute atomic E-state index is 12.1. The quantitative estimate of drug-likeness (QED) is 0.509. The van der Waals surface area contributed by atoms with Gasteiger partial charge in [-0.2, -0.15) is 14.1 Å². The molecule has 0 aromatic rings. The molecular weight excluding hydrogens is 377 g/mol. The molecule has 2 saturated heterocycles. The highest BCUT2D eigenvalue weighted by Gasteiger charge is 2.42. The molecular formula is C17H34NO6PS. The van der Waals surface area contributed by atoms with Crippen molar-refractivity contribution in [1.29, 1.82) is 0 Å². The molecule has 0 radical (unpaired) electrons. The van der Waals surface area contributed by atoms with E-state index in [2.05, 4.69) is 0 Å². The number of hydrogen-bond donors (Lipinski definition) is 0. The molecule has 2 aliphatic rings. The third-order valence-corrected chi connectivity index (χ3v) is 8.84. The van der Waals surface area contributed by atoms with Crippen LogP contribution in [0.2, 0.25) is 0 Å². The van der Waals surface area contributed by atoms with Gasteiger partial charge in [-0.15, -0.1) is 0 Å². The topological polar surface area (TPSA) is 74.3 Å². The normalized spacial score (nSPS) is 26.3. The SMILES string of the molecule is CPS(=O)(=O)N1CCC2(CC1)OOCCCCCCCCCCCOO2. The Morgan fingerprint density at radius 1 is 0.769 bits per heavy atom. The molecule has 0 aromatic heterocycles. The summed E-state index contributed by atoms with van der Waals surface area (Å²) in [5, 5.41) is 0. The van der Waals surface area contributed by atoms with E-state index in [1.807, 2.05) is 0 Å². The van der Waals surface area contributed by atoms with Crippen molar-refractivity contribution in [2.24, 2.45) is 0 Å². The van der Waals surface area contributed by atoms with Gasteiger partial charge in [0.1, 0.15) is 0 Å². The van der Waals surface area contributed by atoms with E-state index in [1.165, 1.54) is 36.4 Å². The molecule has 0 aromatic carbocycles. The third kappa shape index (κ3) is 7.66. The van der Waals surface area contributed by atoms with Gasteiger partial charge in [-0.05, 0) is 19.5 Å². The second-order valence-electron chi connectivity index (χ2n) is 7.01. The number of hydrogen-bond acceptors (Lipinski definition) is 6. The van der Waals surface area contributed by atoms with Crippen molar-refractivity contribution < 1.29 is 28.0 Å². The average molecular weight is 412 g/mol. The van der Waals surface area contributed by atoms with Crippen molar-refractivity contribution >= 4 is 17.4 Å². The summed E-state index contributed by atoms with van der Waals surface area (Å²) in [7, 11) is -3.31. The fourth-order valence-electron chi connectivity index (χ4n) is 3.23. The number of piperidine rings is 1. The van der Waals surface area contributed by atoms with Crippen molar-refractivity contribution in [3.63, 3.8) is 0 Å². The van der Waals surface area contributed by atoms with E-state index in [-0.39, 0.29) is 7.78 Å². The Balaban J connectivity index is 1.87. The molecule has 154 valence electrons. The van der Waals surface area contributed by atoms with E-state index in [9.17, 15) is 8.42 Å². The summed E-state index contributed by atoms with van der Waals surface area (Å²) in [6.45, 7) is 3.43. The Hall–Kier alpha value is 0.180. The molecule has 2 heterocycles. The predicted octanol–water partition coefficient (Wildman–Crippen LogP) is 3.75. The number of nitrogens with zero attached hydrogens (tertiary/aromatic N) is 1. The summed E-state index contributed by atoms with van der Waals surface area (Å²) in [4.78, 5) is 22.0. The van der Waals surface area contributed by atoms with Gasteiger partial charge in [0, 0.05) is 33.7 Å². The minimum absolute atomic E-state index is 0.142. The summed E-state index contributed by atoms with van der Waals surface area (Å²) >= 11 is 0. The van der Waals surface area contributed by atoms with Crippen molar-refractivity contribution in [2.75, 3.05) is 33.0 Å². The summed E-state index contributed by atoms with van der Waals surface area (Å²) in [6.07, 6.45) is 11.3. The van der Waals surface area contributed by atoms with Gasteiger partial charge in [0.2, 0.25) is 15.4 Å². The molecule has 0 bridgehead atoms. The van der Waals surface area contributed by atoms with Gasteiger partial charge in [-0.3, -0.25) is 0 Å².